The van der Waals surface area contributed by atoms with Crippen LogP contribution in [0, 0.1) is 11.8 Å². The van der Waals surface area contributed by atoms with Crippen LogP contribution in [0.1, 0.15) is 59.8 Å². The van der Waals surface area contributed by atoms with Gasteiger partial charge in [-0.3, -0.25) is 4.79 Å². The average molecular weight is 298 g/mol. The van der Waals surface area contributed by atoms with E-state index in [4.69, 9.17) is 9.47 Å². The zero-order valence-corrected chi connectivity index (χ0v) is 13.9. The summed E-state index contributed by atoms with van der Waals surface area (Å²) < 4.78 is 10.1. The fourth-order valence-corrected chi connectivity index (χ4v) is 1.73. The molecule has 0 heterocycles. The highest BCUT2D eigenvalue weighted by atomic mass is 16.5. The Morgan fingerprint density at radius 1 is 0.905 bits per heavy atom. The van der Waals surface area contributed by atoms with Gasteiger partial charge in [-0.2, -0.15) is 0 Å². The van der Waals surface area contributed by atoms with Gasteiger partial charge in [0.2, 0.25) is 0 Å². The van der Waals surface area contributed by atoms with E-state index >= 15 is 0 Å². The van der Waals surface area contributed by atoms with Gasteiger partial charge >= 0.3 is 11.9 Å². The number of ether oxygens (including phenoxy) is 2. The van der Waals surface area contributed by atoms with Gasteiger partial charge in [-0.1, -0.05) is 34.3 Å². The van der Waals surface area contributed by atoms with Gasteiger partial charge in [0.25, 0.3) is 0 Å². The Balaban J connectivity index is 3.75. The number of hydrogen-bond acceptors (Lipinski definition) is 4. The molecular weight excluding hydrogens is 268 g/mol. The minimum absolute atomic E-state index is 0.0926. The largest absolute Gasteiger partial charge is 0.465 e. The lowest BCUT2D eigenvalue weighted by Gasteiger charge is -2.09. The number of carbonyl (C=O) groups excluding carboxylic acids is 2. The summed E-state index contributed by atoms with van der Waals surface area (Å²) in [6, 6.07) is 0. The summed E-state index contributed by atoms with van der Waals surface area (Å²) in [4.78, 5) is 23.1. The average Bonchev–Trinajstić information content (AvgIpc) is 2.39. The van der Waals surface area contributed by atoms with Crippen molar-refractivity contribution in [2.75, 3.05) is 13.2 Å². The van der Waals surface area contributed by atoms with Crippen LogP contribution in [0.4, 0.5) is 0 Å². The fourth-order valence-electron chi connectivity index (χ4n) is 1.73. The summed E-state index contributed by atoms with van der Waals surface area (Å²) in [7, 11) is 0. The van der Waals surface area contributed by atoms with E-state index in [1.807, 2.05) is 0 Å². The fraction of sp³-hybridized carbons (Fsp3) is 0.765. The highest BCUT2D eigenvalue weighted by molar-refractivity contribution is 5.93. The summed E-state index contributed by atoms with van der Waals surface area (Å²) in [6.07, 6.45) is 3.61. The van der Waals surface area contributed by atoms with Crippen LogP contribution in [0.5, 0.6) is 0 Å². The number of carbonyl (C=O) groups is 2. The molecule has 0 amide bonds. The first-order chi connectivity index (χ1) is 9.82. The van der Waals surface area contributed by atoms with Gasteiger partial charge in [0.15, 0.2) is 0 Å². The van der Waals surface area contributed by atoms with Crippen molar-refractivity contribution in [3.05, 3.63) is 12.2 Å². The molecule has 0 aliphatic rings. The van der Waals surface area contributed by atoms with Gasteiger partial charge in [-0.05, 0) is 37.5 Å². The van der Waals surface area contributed by atoms with Crippen molar-refractivity contribution in [1.82, 2.24) is 0 Å². The number of rotatable bonds is 11. The lowest BCUT2D eigenvalue weighted by Crippen LogP contribution is -2.14. The zero-order valence-electron chi connectivity index (χ0n) is 13.9. The van der Waals surface area contributed by atoms with Crippen molar-refractivity contribution in [2.45, 2.75) is 59.8 Å². The van der Waals surface area contributed by atoms with Crippen molar-refractivity contribution >= 4 is 11.9 Å². The summed E-state index contributed by atoms with van der Waals surface area (Å²) >= 11 is 0. The van der Waals surface area contributed by atoms with Crippen molar-refractivity contribution in [3.8, 4) is 0 Å². The van der Waals surface area contributed by atoms with Crippen molar-refractivity contribution in [1.29, 1.82) is 0 Å². The van der Waals surface area contributed by atoms with E-state index in [-0.39, 0.29) is 12.0 Å². The topological polar surface area (TPSA) is 52.6 Å². The highest BCUT2D eigenvalue weighted by Crippen LogP contribution is 2.08. The Kier molecular flexibility index (Phi) is 10.6. The van der Waals surface area contributed by atoms with Crippen LogP contribution in [-0.2, 0) is 19.1 Å². The van der Waals surface area contributed by atoms with E-state index < -0.39 is 11.9 Å². The molecule has 0 bridgehead atoms. The van der Waals surface area contributed by atoms with Crippen molar-refractivity contribution < 1.29 is 19.1 Å². The Hall–Kier alpha value is -1.32. The second-order valence-electron chi connectivity index (χ2n) is 6.21. The third kappa shape index (κ3) is 12.2. The lowest BCUT2D eigenvalue weighted by molar-refractivity contribution is -0.146. The predicted octanol–water partition coefficient (Wildman–Crippen LogP) is 3.89. The molecule has 0 aliphatic carbocycles. The van der Waals surface area contributed by atoms with Gasteiger partial charge in [-0.15, -0.1) is 0 Å². The maximum Gasteiger partial charge on any atom is 0.333 e. The smallest absolute Gasteiger partial charge is 0.333 e. The molecular formula is C17H30O4. The second kappa shape index (κ2) is 11.4. The summed E-state index contributed by atoms with van der Waals surface area (Å²) in [5, 5.41) is 0. The Labute approximate surface area is 128 Å². The lowest BCUT2D eigenvalue weighted by atomic mass is 10.1. The molecule has 0 aromatic carbocycles. The van der Waals surface area contributed by atoms with Gasteiger partial charge < -0.3 is 9.47 Å². The molecule has 4 heteroatoms. The molecule has 0 saturated heterocycles. The molecule has 122 valence electrons. The monoisotopic (exact) mass is 298 g/mol. The second-order valence-corrected chi connectivity index (χ2v) is 6.21. The quantitative estimate of drug-likeness (QED) is 0.330. The van der Waals surface area contributed by atoms with Gasteiger partial charge in [0.1, 0.15) is 0 Å². The molecule has 0 fully saturated rings. The molecule has 21 heavy (non-hydrogen) atoms. The van der Waals surface area contributed by atoms with Crippen LogP contribution < -0.4 is 0 Å². The molecule has 0 unspecified atom stereocenters. The zero-order chi connectivity index (χ0) is 16.3. The van der Waals surface area contributed by atoms with Crippen LogP contribution >= 0.6 is 0 Å². The van der Waals surface area contributed by atoms with E-state index in [1.54, 1.807) is 0 Å². The normalized spacial score (nSPS) is 10.8. The van der Waals surface area contributed by atoms with Crippen LogP contribution in [0.15, 0.2) is 12.2 Å². The van der Waals surface area contributed by atoms with Gasteiger partial charge in [0.05, 0.1) is 19.6 Å². The third-order valence-electron chi connectivity index (χ3n) is 2.99. The SMILES string of the molecule is C=C(CC(=O)OCCCC(C)C)C(=O)OCCCC(C)C. The molecule has 0 radical (unpaired) electrons. The number of hydrogen-bond donors (Lipinski definition) is 0. The molecule has 4 nitrogen and oxygen atoms in total. The number of esters is 2. The summed E-state index contributed by atoms with van der Waals surface area (Å²) in [5.41, 5.74) is 0.161. The highest BCUT2D eigenvalue weighted by Gasteiger charge is 2.14. The molecule has 0 aromatic rings. The maximum atomic E-state index is 11.6. The first kappa shape index (κ1) is 19.7. The Morgan fingerprint density at radius 3 is 1.86 bits per heavy atom. The minimum Gasteiger partial charge on any atom is -0.465 e. The summed E-state index contributed by atoms with van der Waals surface area (Å²) in [6.45, 7) is 12.9. The molecule has 0 aliphatic heterocycles. The van der Waals surface area contributed by atoms with Gasteiger partial charge in [0, 0.05) is 5.57 Å². The molecule has 0 N–H and O–H groups in total. The van der Waals surface area contributed by atoms with Crippen LogP contribution in [0.25, 0.3) is 0 Å². The van der Waals surface area contributed by atoms with Gasteiger partial charge in [-0.25, -0.2) is 4.79 Å². The van der Waals surface area contributed by atoms with Crippen LogP contribution in [-0.4, -0.2) is 25.2 Å². The van der Waals surface area contributed by atoms with Crippen molar-refractivity contribution in [2.24, 2.45) is 11.8 Å². The molecule has 0 rings (SSSR count). The standard InChI is InChI=1S/C17H30O4/c1-13(2)8-6-10-20-16(18)12-15(5)17(19)21-11-7-9-14(3)4/h13-14H,5-12H2,1-4H3. The maximum absolute atomic E-state index is 11.6. The third-order valence-corrected chi connectivity index (χ3v) is 2.99. The molecule has 0 aromatic heterocycles. The first-order valence-electron chi connectivity index (χ1n) is 7.83. The van der Waals surface area contributed by atoms with E-state index in [0.717, 1.165) is 25.7 Å². The molecule has 0 saturated carbocycles. The molecule has 0 spiro atoms. The summed E-state index contributed by atoms with van der Waals surface area (Å²) in [5.74, 6) is 0.271. The predicted molar refractivity (Wildman–Crippen MR) is 83.8 cm³/mol. The van der Waals surface area contributed by atoms with Crippen LogP contribution in [0.3, 0.4) is 0 Å². The van der Waals surface area contributed by atoms with E-state index in [2.05, 4.69) is 34.3 Å². The first-order valence-corrected chi connectivity index (χ1v) is 7.83. The minimum atomic E-state index is -0.502. The Bertz CT molecular complexity index is 332. The van der Waals surface area contributed by atoms with E-state index in [0.29, 0.717) is 25.0 Å². The Morgan fingerprint density at radius 2 is 1.38 bits per heavy atom. The van der Waals surface area contributed by atoms with E-state index in [9.17, 15) is 9.59 Å². The van der Waals surface area contributed by atoms with Crippen molar-refractivity contribution in [3.63, 3.8) is 0 Å². The van der Waals surface area contributed by atoms with E-state index in [1.165, 1.54) is 0 Å². The molecule has 0 atom stereocenters. The van der Waals surface area contributed by atoms with Crippen LogP contribution in [0.2, 0.25) is 0 Å².